The molecule has 1 amide bonds. The molecule has 1 unspecified atom stereocenters. The maximum atomic E-state index is 13.3. The summed E-state index contributed by atoms with van der Waals surface area (Å²) in [7, 11) is 0. The van der Waals surface area contributed by atoms with Gasteiger partial charge in [0.15, 0.2) is 5.69 Å². The van der Waals surface area contributed by atoms with E-state index in [1.54, 1.807) is 26.0 Å². The molecular weight excluding hydrogens is 329 g/mol. The molecular formula is C17H18FN3O4. The molecule has 0 fully saturated rings. The topological polar surface area (TPSA) is 93.5 Å². The lowest BCUT2D eigenvalue weighted by Crippen LogP contribution is -2.35. The highest BCUT2D eigenvalue weighted by atomic mass is 19.1. The zero-order chi connectivity index (χ0) is 18.1. The number of amides is 1. The van der Waals surface area contributed by atoms with Gasteiger partial charge in [0.1, 0.15) is 17.7 Å². The van der Waals surface area contributed by atoms with Gasteiger partial charge in [0.2, 0.25) is 5.75 Å². The SMILES string of the molecule is Cc1cc(CNC(=O)c2nc3n(c(=O)c2O)CCOC3C)ccc1F. The van der Waals surface area contributed by atoms with Crippen LogP contribution in [0.2, 0.25) is 0 Å². The Balaban J connectivity index is 1.84. The van der Waals surface area contributed by atoms with Crippen LogP contribution in [0.25, 0.3) is 0 Å². The van der Waals surface area contributed by atoms with Gasteiger partial charge in [-0.25, -0.2) is 9.37 Å². The first kappa shape index (κ1) is 17.1. The highest BCUT2D eigenvalue weighted by molar-refractivity contribution is 5.94. The predicted octanol–water partition coefficient (Wildman–Crippen LogP) is 1.42. The molecule has 25 heavy (non-hydrogen) atoms. The first-order valence-corrected chi connectivity index (χ1v) is 7.87. The zero-order valence-electron chi connectivity index (χ0n) is 13.9. The van der Waals surface area contributed by atoms with Crippen molar-refractivity contribution in [2.24, 2.45) is 0 Å². The standard InChI is InChI=1S/C17H18FN3O4/c1-9-7-11(3-4-12(9)18)8-19-16(23)13-14(22)17(24)21-5-6-25-10(2)15(21)20-13/h3-4,7,10,22H,5-6,8H2,1-2H3,(H,19,23). The molecule has 2 heterocycles. The molecule has 1 aromatic heterocycles. The summed E-state index contributed by atoms with van der Waals surface area (Å²) in [6.07, 6.45) is -0.451. The van der Waals surface area contributed by atoms with Crippen LogP contribution in [0.5, 0.6) is 5.75 Å². The Labute approximate surface area is 143 Å². The molecule has 0 saturated heterocycles. The third kappa shape index (κ3) is 3.25. The van der Waals surface area contributed by atoms with Gasteiger partial charge in [-0.3, -0.25) is 14.2 Å². The van der Waals surface area contributed by atoms with Crippen LogP contribution in [0.3, 0.4) is 0 Å². The van der Waals surface area contributed by atoms with Gasteiger partial charge in [0, 0.05) is 6.54 Å². The molecule has 3 rings (SSSR count). The van der Waals surface area contributed by atoms with E-state index in [0.717, 1.165) is 0 Å². The number of rotatable bonds is 3. The average Bonchev–Trinajstić information content (AvgIpc) is 2.59. The molecule has 0 aliphatic carbocycles. The first-order chi connectivity index (χ1) is 11.9. The van der Waals surface area contributed by atoms with Gasteiger partial charge in [-0.15, -0.1) is 0 Å². The van der Waals surface area contributed by atoms with Crippen molar-refractivity contribution in [3.63, 3.8) is 0 Å². The van der Waals surface area contributed by atoms with Gasteiger partial charge in [-0.05, 0) is 31.0 Å². The zero-order valence-corrected chi connectivity index (χ0v) is 13.9. The summed E-state index contributed by atoms with van der Waals surface area (Å²) in [6, 6.07) is 4.48. The maximum Gasteiger partial charge on any atom is 0.296 e. The van der Waals surface area contributed by atoms with E-state index in [2.05, 4.69) is 10.3 Å². The molecule has 0 spiro atoms. The van der Waals surface area contributed by atoms with Gasteiger partial charge in [0.25, 0.3) is 11.5 Å². The quantitative estimate of drug-likeness (QED) is 0.876. The number of carbonyl (C=O) groups is 1. The van der Waals surface area contributed by atoms with Crippen LogP contribution in [0.1, 0.15) is 40.5 Å². The Bertz CT molecular complexity index is 894. The fourth-order valence-electron chi connectivity index (χ4n) is 2.72. The summed E-state index contributed by atoms with van der Waals surface area (Å²) in [5.41, 5.74) is 0.152. The van der Waals surface area contributed by atoms with Crippen LogP contribution in [0.15, 0.2) is 23.0 Å². The van der Waals surface area contributed by atoms with Crippen molar-refractivity contribution in [1.29, 1.82) is 0 Å². The normalized spacial score (nSPS) is 16.4. The van der Waals surface area contributed by atoms with Gasteiger partial charge >= 0.3 is 0 Å². The number of ether oxygens (including phenoxy) is 1. The molecule has 0 bridgehead atoms. The van der Waals surface area contributed by atoms with Crippen molar-refractivity contribution < 1.29 is 19.0 Å². The molecule has 1 aliphatic rings. The molecule has 2 N–H and O–H groups in total. The summed E-state index contributed by atoms with van der Waals surface area (Å²) in [5.74, 6) is -1.40. The largest absolute Gasteiger partial charge is 0.501 e. The molecule has 8 heteroatoms. The lowest BCUT2D eigenvalue weighted by molar-refractivity contribution is 0.0256. The number of benzene rings is 1. The number of aromatic nitrogens is 2. The first-order valence-electron chi connectivity index (χ1n) is 7.87. The number of nitrogens with zero attached hydrogens (tertiary/aromatic N) is 2. The van der Waals surface area contributed by atoms with Crippen molar-refractivity contribution in [2.45, 2.75) is 33.0 Å². The van der Waals surface area contributed by atoms with Crippen molar-refractivity contribution >= 4 is 5.91 Å². The Morgan fingerprint density at radius 3 is 3.00 bits per heavy atom. The average molecular weight is 347 g/mol. The number of halogens is 1. The van der Waals surface area contributed by atoms with E-state index in [-0.39, 0.29) is 24.6 Å². The van der Waals surface area contributed by atoms with Crippen molar-refractivity contribution in [2.75, 3.05) is 6.61 Å². The molecule has 1 aliphatic heterocycles. The monoisotopic (exact) mass is 347 g/mol. The molecule has 7 nitrogen and oxygen atoms in total. The van der Waals surface area contributed by atoms with Gasteiger partial charge in [-0.2, -0.15) is 0 Å². The molecule has 132 valence electrons. The van der Waals surface area contributed by atoms with Crippen LogP contribution in [-0.2, 0) is 17.8 Å². The number of nitrogens with one attached hydrogen (secondary N) is 1. The number of fused-ring (bicyclic) bond motifs is 1. The van der Waals surface area contributed by atoms with Crippen LogP contribution in [-0.4, -0.2) is 27.2 Å². The van der Waals surface area contributed by atoms with E-state index in [1.807, 2.05) is 0 Å². The lowest BCUT2D eigenvalue weighted by Gasteiger charge is -2.24. The Morgan fingerprint density at radius 1 is 1.52 bits per heavy atom. The Morgan fingerprint density at radius 2 is 2.28 bits per heavy atom. The van der Waals surface area contributed by atoms with Gasteiger partial charge in [-0.1, -0.05) is 12.1 Å². The molecule has 1 atom stereocenters. The Hall–Kier alpha value is -2.74. The van der Waals surface area contributed by atoms with Gasteiger partial charge in [0.05, 0.1) is 13.2 Å². The minimum atomic E-state index is -0.689. The second kappa shape index (κ2) is 6.64. The second-order valence-electron chi connectivity index (χ2n) is 5.90. The van der Waals surface area contributed by atoms with Crippen LogP contribution in [0, 0.1) is 12.7 Å². The number of hydrogen-bond acceptors (Lipinski definition) is 5. The maximum absolute atomic E-state index is 13.3. The van der Waals surface area contributed by atoms with Crippen LogP contribution >= 0.6 is 0 Å². The number of hydrogen-bond donors (Lipinski definition) is 2. The van der Waals surface area contributed by atoms with E-state index < -0.39 is 23.3 Å². The minimum absolute atomic E-state index is 0.117. The van der Waals surface area contributed by atoms with Crippen molar-refractivity contribution in [3.8, 4) is 5.75 Å². The third-order valence-corrected chi connectivity index (χ3v) is 4.11. The molecule has 0 saturated carbocycles. The highest BCUT2D eigenvalue weighted by Crippen LogP contribution is 2.21. The van der Waals surface area contributed by atoms with Crippen LogP contribution < -0.4 is 10.9 Å². The van der Waals surface area contributed by atoms with E-state index in [4.69, 9.17) is 4.74 Å². The van der Waals surface area contributed by atoms with Crippen LogP contribution in [0.4, 0.5) is 4.39 Å². The fraction of sp³-hybridized carbons (Fsp3) is 0.353. The van der Waals surface area contributed by atoms with Crippen molar-refractivity contribution in [1.82, 2.24) is 14.9 Å². The minimum Gasteiger partial charge on any atom is -0.501 e. The molecule has 1 aromatic carbocycles. The lowest BCUT2D eigenvalue weighted by atomic mass is 10.1. The summed E-state index contributed by atoms with van der Waals surface area (Å²) in [5, 5.41) is 12.6. The fourth-order valence-corrected chi connectivity index (χ4v) is 2.72. The Kier molecular flexibility index (Phi) is 4.54. The molecule has 2 aromatic rings. The number of aryl methyl sites for hydroxylation is 1. The summed E-state index contributed by atoms with van der Waals surface area (Å²) < 4.78 is 20.0. The second-order valence-corrected chi connectivity index (χ2v) is 5.90. The smallest absolute Gasteiger partial charge is 0.296 e. The third-order valence-electron chi connectivity index (χ3n) is 4.11. The van der Waals surface area contributed by atoms with Crippen molar-refractivity contribution in [3.05, 3.63) is 57.0 Å². The van der Waals surface area contributed by atoms with Gasteiger partial charge < -0.3 is 15.2 Å². The number of carbonyl (C=O) groups excluding carboxylic acids is 1. The predicted molar refractivity (Wildman–Crippen MR) is 86.8 cm³/mol. The number of aromatic hydroxyl groups is 1. The summed E-state index contributed by atoms with van der Waals surface area (Å²) in [4.78, 5) is 28.7. The highest BCUT2D eigenvalue weighted by Gasteiger charge is 2.26. The van der Waals surface area contributed by atoms with E-state index >= 15 is 0 Å². The summed E-state index contributed by atoms with van der Waals surface area (Å²) >= 11 is 0. The van der Waals surface area contributed by atoms with E-state index in [0.29, 0.717) is 23.6 Å². The van der Waals surface area contributed by atoms with E-state index in [1.165, 1.54) is 10.6 Å². The molecule has 0 radical (unpaired) electrons. The van der Waals surface area contributed by atoms with E-state index in [9.17, 15) is 19.1 Å². The summed E-state index contributed by atoms with van der Waals surface area (Å²) in [6.45, 7) is 4.07.